The maximum atomic E-state index is 12.8. The molecule has 7 heteroatoms. The molecule has 0 fully saturated rings. The number of carbonyl (C=O) groups excluding carboxylic acids is 2. The number of fused-ring (bicyclic) bond motifs is 1. The fraction of sp³-hybridized carbons (Fsp3) is 0.300. The van der Waals surface area contributed by atoms with Gasteiger partial charge in [0.1, 0.15) is 0 Å². The van der Waals surface area contributed by atoms with E-state index in [1.54, 1.807) is 40.9 Å². The third-order valence-electron chi connectivity index (χ3n) is 4.50. The number of carbonyl (C=O) groups is 2. The molecule has 0 radical (unpaired) electrons. The zero-order valence-corrected chi connectivity index (χ0v) is 16.8. The van der Waals surface area contributed by atoms with Crippen molar-refractivity contribution in [1.82, 2.24) is 0 Å². The van der Waals surface area contributed by atoms with E-state index in [2.05, 4.69) is 11.4 Å². The molecule has 1 aliphatic rings. The molecule has 0 aromatic heterocycles. The average molecular weight is 406 g/mol. The molecule has 2 amide bonds. The van der Waals surface area contributed by atoms with Crippen LogP contribution in [0.4, 0.5) is 11.4 Å². The van der Waals surface area contributed by atoms with Crippen molar-refractivity contribution in [2.24, 2.45) is 5.73 Å². The highest BCUT2D eigenvalue weighted by atomic mass is 35.5. The Morgan fingerprint density at radius 2 is 1.89 bits per heavy atom. The molecule has 0 saturated heterocycles. The van der Waals surface area contributed by atoms with Gasteiger partial charge in [-0.15, -0.1) is 12.4 Å². The lowest BCUT2D eigenvalue weighted by molar-refractivity contribution is -0.117. The van der Waals surface area contributed by atoms with Gasteiger partial charge >= 0.3 is 0 Å². The molecule has 1 heterocycles. The number of hydrogen-bond acceptors (Lipinski definition) is 4. The van der Waals surface area contributed by atoms with Crippen LogP contribution < -0.4 is 16.0 Å². The van der Waals surface area contributed by atoms with Gasteiger partial charge in [0.15, 0.2) is 0 Å². The van der Waals surface area contributed by atoms with Gasteiger partial charge in [-0.3, -0.25) is 9.59 Å². The monoisotopic (exact) mass is 405 g/mol. The summed E-state index contributed by atoms with van der Waals surface area (Å²) >= 11 is 1.66. The third kappa shape index (κ3) is 5.03. The fourth-order valence-corrected chi connectivity index (χ4v) is 3.50. The number of para-hydroxylation sites is 1. The summed E-state index contributed by atoms with van der Waals surface area (Å²) in [5.41, 5.74) is 9.30. The van der Waals surface area contributed by atoms with Crippen LogP contribution in [0.15, 0.2) is 48.5 Å². The van der Waals surface area contributed by atoms with E-state index in [0.29, 0.717) is 24.2 Å². The second kappa shape index (κ2) is 9.78. The van der Waals surface area contributed by atoms with Crippen LogP contribution in [0.3, 0.4) is 0 Å². The number of hydrogen-bond donors (Lipinski definition) is 2. The first-order valence-corrected chi connectivity index (χ1v) is 10.0. The Morgan fingerprint density at radius 3 is 2.59 bits per heavy atom. The van der Waals surface area contributed by atoms with Gasteiger partial charge < -0.3 is 16.0 Å². The van der Waals surface area contributed by atoms with Crippen molar-refractivity contribution in [1.29, 1.82) is 0 Å². The fourth-order valence-electron chi connectivity index (χ4n) is 3.01. The number of benzene rings is 2. The van der Waals surface area contributed by atoms with Crippen molar-refractivity contribution < 1.29 is 9.59 Å². The number of nitrogens with one attached hydrogen (secondary N) is 1. The topological polar surface area (TPSA) is 75.4 Å². The van der Waals surface area contributed by atoms with Gasteiger partial charge in [-0.1, -0.05) is 18.2 Å². The van der Waals surface area contributed by atoms with Gasteiger partial charge in [0, 0.05) is 23.5 Å². The van der Waals surface area contributed by atoms with E-state index in [1.165, 1.54) is 5.56 Å². The Labute approximate surface area is 170 Å². The van der Waals surface area contributed by atoms with Crippen LogP contribution in [0.5, 0.6) is 0 Å². The Bertz CT molecular complexity index is 798. The van der Waals surface area contributed by atoms with E-state index in [-0.39, 0.29) is 24.2 Å². The predicted molar refractivity (Wildman–Crippen MR) is 115 cm³/mol. The molecule has 1 atom stereocenters. The van der Waals surface area contributed by atoms with Gasteiger partial charge in [-0.25, -0.2) is 0 Å². The standard InChI is InChI=1S/C20H23N3O2S.ClH/c1-26-13-11-17(21)19(24)22-16-8-6-15(7-9-16)20(25)23-12-10-14-4-2-3-5-18(14)23;/h2-9,17H,10-13,21H2,1H3,(H,22,24);1H/t17-;/m0./s1. The minimum atomic E-state index is -0.523. The largest absolute Gasteiger partial charge is 0.325 e. The maximum Gasteiger partial charge on any atom is 0.258 e. The Hall–Kier alpha value is -2.02. The normalized spacial score (nSPS) is 13.5. The van der Waals surface area contributed by atoms with E-state index in [4.69, 9.17) is 5.73 Å². The number of rotatable bonds is 6. The zero-order chi connectivity index (χ0) is 18.5. The molecule has 3 N–H and O–H groups in total. The van der Waals surface area contributed by atoms with Gasteiger partial charge in [0.25, 0.3) is 5.91 Å². The summed E-state index contributed by atoms with van der Waals surface area (Å²) in [7, 11) is 0. The number of anilines is 2. The molecule has 1 aliphatic heterocycles. The lowest BCUT2D eigenvalue weighted by Crippen LogP contribution is -2.36. The number of halogens is 1. The smallest absolute Gasteiger partial charge is 0.258 e. The van der Waals surface area contributed by atoms with E-state index in [1.807, 2.05) is 24.5 Å². The SMILES string of the molecule is CSCC[C@H](N)C(=O)Nc1ccc(C(=O)N2CCc3ccccc32)cc1.Cl. The summed E-state index contributed by atoms with van der Waals surface area (Å²) in [4.78, 5) is 26.7. The molecule has 144 valence electrons. The van der Waals surface area contributed by atoms with Gasteiger partial charge in [-0.2, -0.15) is 11.8 Å². The van der Waals surface area contributed by atoms with E-state index < -0.39 is 6.04 Å². The zero-order valence-electron chi connectivity index (χ0n) is 15.2. The number of nitrogens with two attached hydrogens (primary N) is 1. The van der Waals surface area contributed by atoms with Crippen molar-refractivity contribution in [3.8, 4) is 0 Å². The highest BCUT2D eigenvalue weighted by Gasteiger charge is 2.25. The van der Waals surface area contributed by atoms with E-state index >= 15 is 0 Å². The van der Waals surface area contributed by atoms with Crippen molar-refractivity contribution in [3.63, 3.8) is 0 Å². The first kappa shape index (κ1) is 21.3. The van der Waals surface area contributed by atoms with Crippen LogP contribution in [-0.4, -0.2) is 36.4 Å². The maximum absolute atomic E-state index is 12.8. The van der Waals surface area contributed by atoms with Crippen molar-refractivity contribution in [2.75, 3.05) is 28.8 Å². The highest BCUT2D eigenvalue weighted by molar-refractivity contribution is 7.98. The number of thioether (sulfide) groups is 1. The lowest BCUT2D eigenvalue weighted by atomic mass is 10.1. The van der Waals surface area contributed by atoms with Crippen LogP contribution in [0.1, 0.15) is 22.3 Å². The molecule has 0 spiro atoms. The number of amides is 2. The Morgan fingerprint density at radius 1 is 1.19 bits per heavy atom. The van der Waals surface area contributed by atoms with Crippen LogP contribution >= 0.6 is 24.2 Å². The molecule has 2 aromatic rings. The molecule has 0 bridgehead atoms. The van der Waals surface area contributed by atoms with E-state index in [0.717, 1.165) is 17.9 Å². The first-order valence-electron chi connectivity index (χ1n) is 8.65. The molecule has 0 saturated carbocycles. The Balaban J connectivity index is 0.00000261. The van der Waals surface area contributed by atoms with E-state index in [9.17, 15) is 9.59 Å². The molecule has 5 nitrogen and oxygen atoms in total. The summed E-state index contributed by atoms with van der Waals surface area (Å²) in [6, 6.07) is 14.4. The van der Waals surface area contributed by atoms with Crippen molar-refractivity contribution in [2.45, 2.75) is 18.9 Å². The van der Waals surface area contributed by atoms with Crippen LogP contribution in [0.2, 0.25) is 0 Å². The minimum absolute atomic E-state index is 0. The molecule has 27 heavy (non-hydrogen) atoms. The van der Waals surface area contributed by atoms with Crippen LogP contribution in [-0.2, 0) is 11.2 Å². The van der Waals surface area contributed by atoms with Gasteiger partial charge in [0.05, 0.1) is 6.04 Å². The lowest BCUT2D eigenvalue weighted by Gasteiger charge is -2.17. The molecule has 2 aromatic carbocycles. The van der Waals surface area contributed by atoms with Gasteiger partial charge in [-0.05, 0) is 60.7 Å². The molecule has 0 unspecified atom stereocenters. The quantitative estimate of drug-likeness (QED) is 0.772. The summed E-state index contributed by atoms with van der Waals surface area (Å²) in [5, 5.41) is 2.80. The Kier molecular flexibility index (Phi) is 7.71. The second-order valence-corrected chi connectivity index (χ2v) is 7.28. The van der Waals surface area contributed by atoms with Crippen molar-refractivity contribution in [3.05, 3.63) is 59.7 Å². The van der Waals surface area contributed by atoms with Crippen LogP contribution in [0.25, 0.3) is 0 Å². The summed E-state index contributed by atoms with van der Waals surface area (Å²) < 4.78 is 0. The van der Waals surface area contributed by atoms with Crippen LogP contribution in [0, 0.1) is 0 Å². The van der Waals surface area contributed by atoms with Crippen molar-refractivity contribution >= 4 is 47.4 Å². The average Bonchev–Trinajstić information content (AvgIpc) is 3.10. The molecular formula is C20H24ClN3O2S. The highest BCUT2D eigenvalue weighted by Crippen LogP contribution is 2.29. The third-order valence-corrected chi connectivity index (χ3v) is 5.15. The first-order chi connectivity index (χ1) is 12.6. The molecule has 3 rings (SSSR count). The summed E-state index contributed by atoms with van der Waals surface area (Å²) in [6.45, 7) is 0.695. The summed E-state index contributed by atoms with van der Waals surface area (Å²) in [6.07, 6.45) is 3.50. The number of nitrogens with zero attached hydrogens (tertiary/aromatic N) is 1. The second-order valence-electron chi connectivity index (χ2n) is 6.29. The minimum Gasteiger partial charge on any atom is -0.325 e. The van der Waals surface area contributed by atoms with Gasteiger partial charge in [0.2, 0.25) is 5.91 Å². The molecule has 0 aliphatic carbocycles. The predicted octanol–water partition coefficient (Wildman–Crippen LogP) is 3.33. The molecular weight excluding hydrogens is 382 g/mol. The summed E-state index contributed by atoms with van der Waals surface area (Å²) in [5.74, 6) is 0.621.